The predicted octanol–water partition coefficient (Wildman–Crippen LogP) is 2.79. The summed E-state index contributed by atoms with van der Waals surface area (Å²) in [6.45, 7) is 4.31. The molecule has 2 heterocycles. The van der Waals surface area contributed by atoms with Gasteiger partial charge in [0.1, 0.15) is 6.33 Å². The van der Waals surface area contributed by atoms with Gasteiger partial charge in [-0.25, -0.2) is 0 Å². The Labute approximate surface area is 140 Å². The average Bonchev–Trinajstić information content (AvgIpc) is 3.01. The Balaban J connectivity index is 1.80. The van der Waals surface area contributed by atoms with Crippen LogP contribution in [0.3, 0.4) is 0 Å². The first-order chi connectivity index (χ1) is 10.9. The second-order valence-electron chi connectivity index (χ2n) is 6.21. The molecule has 0 radical (unpaired) electrons. The number of carbonyl (C=O) groups is 1. The van der Waals surface area contributed by atoms with Crippen molar-refractivity contribution in [1.82, 2.24) is 14.8 Å². The highest BCUT2D eigenvalue weighted by atomic mass is 32.2. The molecular formula is C17H20N4OS. The van der Waals surface area contributed by atoms with Gasteiger partial charge in [-0.1, -0.05) is 43.8 Å². The molecule has 0 unspecified atom stereocenters. The zero-order chi connectivity index (χ0) is 16.6. The maximum atomic E-state index is 12.4. The summed E-state index contributed by atoms with van der Waals surface area (Å²) in [6.07, 6.45) is 3.40. The summed E-state index contributed by atoms with van der Waals surface area (Å²) in [4.78, 5) is 14.5. The number of thioether (sulfide) groups is 1. The number of hydrogen-bond acceptors (Lipinski definition) is 5. The van der Waals surface area contributed by atoms with Gasteiger partial charge >= 0.3 is 0 Å². The third-order valence-corrected chi connectivity index (χ3v) is 5.31. The van der Waals surface area contributed by atoms with E-state index in [0.29, 0.717) is 5.75 Å². The van der Waals surface area contributed by atoms with Crippen LogP contribution in [0.15, 0.2) is 47.5 Å². The van der Waals surface area contributed by atoms with Gasteiger partial charge in [0.25, 0.3) is 0 Å². The van der Waals surface area contributed by atoms with Crippen molar-refractivity contribution in [2.24, 2.45) is 7.05 Å². The summed E-state index contributed by atoms with van der Waals surface area (Å²) in [5.74, 6) is 0.441. The molecule has 0 bridgehead atoms. The molecule has 1 aliphatic rings. The van der Waals surface area contributed by atoms with Gasteiger partial charge in [0, 0.05) is 37.0 Å². The molecule has 6 heteroatoms. The number of likely N-dealkylation sites (N-methyl/N-ethyl adjacent to an activating group) is 1. The molecule has 0 fully saturated rings. The lowest BCUT2D eigenvalue weighted by molar-refractivity contribution is -0.112. The summed E-state index contributed by atoms with van der Waals surface area (Å²) >= 11 is 1.41. The normalized spacial score (nSPS) is 17.6. The number of para-hydroxylation sites is 1. The van der Waals surface area contributed by atoms with Crippen LogP contribution in [-0.2, 0) is 17.3 Å². The minimum atomic E-state index is -0.170. The monoisotopic (exact) mass is 328 g/mol. The quantitative estimate of drug-likeness (QED) is 0.638. The molecule has 0 amide bonds. The van der Waals surface area contributed by atoms with Gasteiger partial charge in [-0.2, -0.15) is 0 Å². The minimum absolute atomic E-state index is 0.0840. The second-order valence-corrected chi connectivity index (χ2v) is 7.15. The van der Waals surface area contributed by atoms with Crippen LogP contribution in [0.1, 0.15) is 19.4 Å². The molecule has 2 aromatic rings. The van der Waals surface area contributed by atoms with E-state index in [-0.39, 0.29) is 11.2 Å². The fourth-order valence-corrected chi connectivity index (χ4v) is 3.70. The number of hydrogen-bond donors (Lipinski definition) is 0. The van der Waals surface area contributed by atoms with Crippen LogP contribution in [0, 0.1) is 0 Å². The van der Waals surface area contributed by atoms with E-state index in [0.717, 1.165) is 16.5 Å². The molecule has 5 nitrogen and oxygen atoms in total. The molecule has 1 aromatic carbocycles. The Morgan fingerprint density at radius 2 is 2.04 bits per heavy atom. The van der Waals surface area contributed by atoms with Crippen molar-refractivity contribution in [2.75, 3.05) is 17.7 Å². The zero-order valence-corrected chi connectivity index (χ0v) is 14.6. The van der Waals surface area contributed by atoms with Gasteiger partial charge < -0.3 is 9.47 Å². The van der Waals surface area contributed by atoms with E-state index in [4.69, 9.17) is 0 Å². The number of carbonyl (C=O) groups excluding carboxylic acids is 1. The molecule has 0 saturated heterocycles. The number of rotatable bonds is 4. The molecule has 0 saturated carbocycles. The highest BCUT2D eigenvalue weighted by Gasteiger charge is 2.38. The minimum Gasteiger partial charge on any atom is -0.347 e. The summed E-state index contributed by atoms with van der Waals surface area (Å²) in [5, 5.41) is 8.56. The summed E-state index contributed by atoms with van der Waals surface area (Å²) in [6, 6.07) is 8.30. The van der Waals surface area contributed by atoms with E-state index in [1.54, 1.807) is 12.4 Å². The Morgan fingerprint density at radius 1 is 1.30 bits per heavy atom. The fraction of sp³-hybridized carbons (Fsp3) is 0.353. The van der Waals surface area contributed by atoms with Crippen LogP contribution < -0.4 is 4.90 Å². The number of allylic oxidation sites excluding steroid dienone is 2. The SMILES string of the molecule is CN1C(=CC(=O)CSc2nncn2C)C(C)(C)c2ccccc21. The maximum absolute atomic E-state index is 12.4. The predicted molar refractivity (Wildman–Crippen MR) is 92.7 cm³/mol. The zero-order valence-electron chi connectivity index (χ0n) is 13.8. The van der Waals surface area contributed by atoms with Crippen molar-refractivity contribution < 1.29 is 4.79 Å². The third-order valence-electron chi connectivity index (χ3n) is 4.25. The van der Waals surface area contributed by atoms with Crippen LogP contribution >= 0.6 is 11.8 Å². The molecule has 0 spiro atoms. The van der Waals surface area contributed by atoms with Crippen molar-refractivity contribution in [3.63, 3.8) is 0 Å². The van der Waals surface area contributed by atoms with Gasteiger partial charge in [0.05, 0.1) is 5.75 Å². The number of fused-ring (bicyclic) bond motifs is 1. The van der Waals surface area contributed by atoms with Crippen molar-refractivity contribution in [3.8, 4) is 0 Å². The second kappa shape index (κ2) is 5.85. The number of anilines is 1. The lowest BCUT2D eigenvalue weighted by Crippen LogP contribution is -2.24. The number of ketones is 1. The summed E-state index contributed by atoms with van der Waals surface area (Å²) < 4.78 is 1.81. The largest absolute Gasteiger partial charge is 0.347 e. The number of aryl methyl sites for hydroxylation is 1. The topological polar surface area (TPSA) is 51.0 Å². The highest BCUT2D eigenvalue weighted by molar-refractivity contribution is 7.99. The molecular weight excluding hydrogens is 308 g/mol. The molecule has 1 aliphatic heterocycles. The van der Waals surface area contributed by atoms with E-state index in [1.165, 1.54) is 17.3 Å². The summed E-state index contributed by atoms with van der Waals surface area (Å²) in [5.41, 5.74) is 3.28. The van der Waals surface area contributed by atoms with Gasteiger partial charge in [-0.3, -0.25) is 4.79 Å². The molecule has 0 aliphatic carbocycles. The van der Waals surface area contributed by atoms with E-state index in [1.807, 2.05) is 30.8 Å². The van der Waals surface area contributed by atoms with Gasteiger partial charge in [0.15, 0.2) is 10.9 Å². The molecule has 0 N–H and O–H groups in total. The molecule has 120 valence electrons. The van der Waals surface area contributed by atoms with Gasteiger partial charge in [0.2, 0.25) is 0 Å². The van der Waals surface area contributed by atoms with E-state index in [9.17, 15) is 4.79 Å². The Morgan fingerprint density at radius 3 is 2.70 bits per heavy atom. The van der Waals surface area contributed by atoms with Crippen LogP contribution in [-0.4, -0.2) is 33.3 Å². The smallest absolute Gasteiger partial charge is 0.191 e. The van der Waals surface area contributed by atoms with E-state index >= 15 is 0 Å². The first-order valence-corrected chi connectivity index (χ1v) is 8.45. The molecule has 0 atom stereocenters. The Bertz CT molecular complexity index is 778. The van der Waals surface area contributed by atoms with Gasteiger partial charge in [-0.05, 0) is 11.6 Å². The molecule has 3 rings (SSSR count). The number of aromatic nitrogens is 3. The Kier molecular flexibility index (Phi) is 4.02. The Hall–Kier alpha value is -2.08. The van der Waals surface area contributed by atoms with Crippen molar-refractivity contribution >= 4 is 23.2 Å². The first-order valence-electron chi connectivity index (χ1n) is 7.46. The molecule has 1 aromatic heterocycles. The average molecular weight is 328 g/mol. The van der Waals surface area contributed by atoms with Crippen LogP contribution in [0.25, 0.3) is 0 Å². The van der Waals surface area contributed by atoms with Gasteiger partial charge in [-0.15, -0.1) is 10.2 Å². The van der Waals surface area contributed by atoms with Crippen molar-refractivity contribution in [2.45, 2.75) is 24.4 Å². The molecule has 23 heavy (non-hydrogen) atoms. The van der Waals surface area contributed by atoms with Crippen molar-refractivity contribution in [1.29, 1.82) is 0 Å². The highest BCUT2D eigenvalue weighted by Crippen LogP contribution is 2.46. The maximum Gasteiger partial charge on any atom is 0.191 e. The van der Waals surface area contributed by atoms with Crippen LogP contribution in [0.2, 0.25) is 0 Å². The van der Waals surface area contributed by atoms with Crippen LogP contribution in [0.5, 0.6) is 0 Å². The van der Waals surface area contributed by atoms with E-state index in [2.05, 4.69) is 41.1 Å². The summed E-state index contributed by atoms with van der Waals surface area (Å²) in [7, 11) is 3.89. The van der Waals surface area contributed by atoms with Crippen LogP contribution in [0.4, 0.5) is 5.69 Å². The van der Waals surface area contributed by atoms with E-state index < -0.39 is 0 Å². The number of benzene rings is 1. The fourth-order valence-electron chi connectivity index (χ4n) is 2.99. The number of nitrogens with zero attached hydrogens (tertiary/aromatic N) is 4. The first kappa shape index (κ1) is 15.8. The van der Waals surface area contributed by atoms with Crippen molar-refractivity contribution in [3.05, 3.63) is 47.9 Å². The third kappa shape index (κ3) is 2.79. The lowest BCUT2D eigenvalue weighted by Gasteiger charge is -2.23. The lowest BCUT2D eigenvalue weighted by atomic mass is 9.83. The standard InChI is InChI=1S/C17H20N4OS/c1-17(2)13-7-5-6-8-14(13)21(4)15(17)9-12(22)10-23-16-19-18-11-20(16)3/h5-9,11H,10H2,1-4H3.